The molecule has 5 heteroatoms. The van der Waals surface area contributed by atoms with Crippen molar-refractivity contribution in [2.75, 3.05) is 31.1 Å². The minimum atomic E-state index is 0.0282. The van der Waals surface area contributed by atoms with Gasteiger partial charge in [-0.1, -0.05) is 42.5 Å². The van der Waals surface area contributed by atoms with Crippen molar-refractivity contribution in [1.82, 2.24) is 10.6 Å². The van der Waals surface area contributed by atoms with Crippen molar-refractivity contribution in [2.45, 2.75) is 24.8 Å². The largest absolute Gasteiger partial charge is 0.371 e. The third kappa shape index (κ3) is 4.29. The third-order valence-corrected chi connectivity index (χ3v) is 6.73. The molecule has 142 valence electrons. The molecule has 0 bridgehead atoms. The molecule has 0 aliphatic carbocycles. The van der Waals surface area contributed by atoms with Crippen LogP contribution in [-0.2, 0) is 4.79 Å². The second-order valence-electron chi connectivity index (χ2n) is 7.50. The molecule has 0 unspecified atom stereocenters. The number of nitrogens with one attached hydrogen (secondary N) is 2. The molecule has 0 saturated carbocycles. The minimum absolute atomic E-state index is 0.0282. The molecule has 2 aromatic rings. The van der Waals surface area contributed by atoms with Crippen molar-refractivity contribution < 1.29 is 4.79 Å². The molecule has 0 radical (unpaired) electrons. The predicted octanol–water partition coefficient (Wildman–Crippen LogP) is 3.38. The van der Waals surface area contributed by atoms with E-state index in [0.717, 1.165) is 39.0 Å². The van der Waals surface area contributed by atoms with E-state index in [2.05, 4.69) is 86.7 Å². The number of benzene rings is 2. The van der Waals surface area contributed by atoms with Crippen LogP contribution in [0.3, 0.4) is 0 Å². The van der Waals surface area contributed by atoms with Crippen molar-refractivity contribution >= 4 is 34.2 Å². The Morgan fingerprint density at radius 2 is 1.70 bits per heavy atom. The van der Waals surface area contributed by atoms with Gasteiger partial charge in [-0.3, -0.25) is 4.79 Å². The van der Waals surface area contributed by atoms with Crippen molar-refractivity contribution in [3.8, 4) is 0 Å². The Balaban J connectivity index is 1.34. The van der Waals surface area contributed by atoms with E-state index < -0.39 is 0 Å². The number of halogens is 1. The molecule has 27 heavy (non-hydrogen) atoms. The van der Waals surface area contributed by atoms with Crippen molar-refractivity contribution in [3.63, 3.8) is 0 Å². The first kappa shape index (κ1) is 18.7. The predicted molar refractivity (Wildman–Crippen MR) is 118 cm³/mol. The highest BCUT2D eigenvalue weighted by atomic mass is 127. The quantitative estimate of drug-likeness (QED) is 0.667. The molecule has 0 spiro atoms. The van der Waals surface area contributed by atoms with Crippen LogP contribution in [0.1, 0.15) is 24.3 Å². The van der Waals surface area contributed by atoms with E-state index in [1.807, 2.05) is 6.07 Å². The minimum Gasteiger partial charge on any atom is -0.371 e. The Bertz CT molecular complexity index is 774. The number of anilines is 1. The zero-order valence-electron chi connectivity index (χ0n) is 15.4. The molecular formula is C22H26IN3O. The summed E-state index contributed by atoms with van der Waals surface area (Å²) >= 11 is 2.40. The maximum absolute atomic E-state index is 12.9. The van der Waals surface area contributed by atoms with Gasteiger partial charge in [-0.15, -0.1) is 0 Å². The molecule has 4 nitrogen and oxygen atoms in total. The fourth-order valence-electron chi connectivity index (χ4n) is 4.29. The molecule has 4 rings (SSSR count). The van der Waals surface area contributed by atoms with Crippen LogP contribution >= 0.6 is 22.6 Å². The first-order valence-electron chi connectivity index (χ1n) is 9.78. The highest BCUT2D eigenvalue weighted by Crippen LogP contribution is 2.29. The van der Waals surface area contributed by atoms with Crippen molar-refractivity contribution in [2.24, 2.45) is 5.92 Å². The van der Waals surface area contributed by atoms with Crippen LogP contribution in [0.15, 0.2) is 54.6 Å². The van der Waals surface area contributed by atoms with Crippen LogP contribution in [0.4, 0.5) is 5.69 Å². The fraction of sp³-hybridized carbons (Fsp3) is 0.409. The van der Waals surface area contributed by atoms with Gasteiger partial charge in [-0.2, -0.15) is 0 Å². The summed E-state index contributed by atoms with van der Waals surface area (Å²) in [7, 11) is 0. The molecule has 2 atom stereocenters. The lowest BCUT2D eigenvalue weighted by molar-refractivity contribution is -0.125. The lowest BCUT2D eigenvalue weighted by Crippen LogP contribution is -2.47. The van der Waals surface area contributed by atoms with E-state index in [-0.39, 0.29) is 23.8 Å². The maximum Gasteiger partial charge on any atom is 0.225 e. The van der Waals surface area contributed by atoms with Crippen LogP contribution in [0.2, 0.25) is 0 Å². The van der Waals surface area contributed by atoms with E-state index >= 15 is 0 Å². The van der Waals surface area contributed by atoms with Gasteiger partial charge in [0.05, 0.1) is 11.6 Å². The number of carbonyl (C=O) groups is 1. The fourth-order valence-corrected chi connectivity index (χ4v) is 5.01. The zero-order valence-corrected chi connectivity index (χ0v) is 17.6. The van der Waals surface area contributed by atoms with Gasteiger partial charge in [0.15, 0.2) is 0 Å². The lowest BCUT2D eigenvalue weighted by Gasteiger charge is -2.35. The summed E-state index contributed by atoms with van der Waals surface area (Å²) in [4.78, 5) is 15.4. The normalized spacial score (nSPS) is 23.4. The molecule has 2 aliphatic heterocycles. The van der Waals surface area contributed by atoms with E-state index in [1.54, 1.807) is 0 Å². The monoisotopic (exact) mass is 475 g/mol. The van der Waals surface area contributed by atoms with Gasteiger partial charge in [0, 0.05) is 41.7 Å². The van der Waals surface area contributed by atoms with Gasteiger partial charge in [-0.25, -0.2) is 0 Å². The first-order chi connectivity index (χ1) is 13.2. The Labute approximate surface area is 174 Å². The highest BCUT2D eigenvalue weighted by Gasteiger charge is 2.35. The van der Waals surface area contributed by atoms with Gasteiger partial charge in [0.1, 0.15) is 0 Å². The Hall–Kier alpha value is -1.60. The summed E-state index contributed by atoms with van der Waals surface area (Å²) in [6.07, 6.45) is 2.01. The lowest BCUT2D eigenvalue weighted by atomic mass is 9.88. The molecule has 1 amide bonds. The average Bonchev–Trinajstić information content (AvgIpc) is 3.20. The average molecular weight is 475 g/mol. The van der Waals surface area contributed by atoms with Gasteiger partial charge in [-0.05, 0) is 53.1 Å². The molecule has 2 saturated heterocycles. The molecule has 0 aromatic heterocycles. The second-order valence-corrected chi connectivity index (χ2v) is 8.67. The van der Waals surface area contributed by atoms with Gasteiger partial charge in [0.2, 0.25) is 5.91 Å². The number of piperidine rings is 1. The van der Waals surface area contributed by atoms with Crippen LogP contribution in [-0.4, -0.2) is 38.1 Å². The number of hydrogen-bond acceptors (Lipinski definition) is 3. The number of para-hydroxylation sites is 1. The first-order valence-corrected chi connectivity index (χ1v) is 10.9. The number of nitrogens with zero attached hydrogens (tertiary/aromatic N) is 1. The van der Waals surface area contributed by atoms with Gasteiger partial charge < -0.3 is 15.5 Å². The molecule has 2 aromatic carbocycles. The number of amides is 1. The van der Waals surface area contributed by atoms with E-state index in [0.29, 0.717) is 0 Å². The zero-order chi connectivity index (χ0) is 18.6. The maximum atomic E-state index is 12.9. The summed E-state index contributed by atoms with van der Waals surface area (Å²) in [5.74, 6) is 0.513. The molecule has 2 heterocycles. The van der Waals surface area contributed by atoms with Crippen LogP contribution in [0.5, 0.6) is 0 Å². The Kier molecular flexibility index (Phi) is 5.98. The number of carbonyl (C=O) groups excluding carboxylic acids is 1. The third-order valence-electron chi connectivity index (χ3n) is 5.81. The van der Waals surface area contributed by atoms with Crippen molar-refractivity contribution in [3.05, 3.63) is 63.7 Å². The summed E-state index contributed by atoms with van der Waals surface area (Å²) in [5.41, 5.74) is 2.57. The topological polar surface area (TPSA) is 44.4 Å². The van der Waals surface area contributed by atoms with Crippen LogP contribution in [0.25, 0.3) is 0 Å². The van der Waals surface area contributed by atoms with Crippen molar-refractivity contribution in [1.29, 1.82) is 0 Å². The Morgan fingerprint density at radius 3 is 2.44 bits per heavy atom. The van der Waals surface area contributed by atoms with Crippen LogP contribution in [0, 0.1) is 9.49 Å². The number of rotatable bonds is 4. The summed E-state index contributed by atoms with van der Waals surface area (Å²) in [6, 6.07) is 19.2. The van der Waals surface area contributed by atoms with Gasteiger partial charge in [0.25, 0.3) is 0 Å². The molecule has 2 fully saturated rings. The smallest absolute Gasteiger partial charge is 0.225 e. The summed E-state index contributed by atoms with van der Waals surface area (Å²) in [6.45, 7) is 3.64. The molecule has 2 N–H and O–H groups in total. The highest BCUT2D eigenvalue weighted by molar-refractivity contribution is 14.1. The summed E-state index contributed by atoms with van der Waals surface area (Å²) in [5, 5.41) is 6.74. The van der Waals surface area contributed by atoms with E-state index in [9.17, 15) is 4.79 Å². The number of hydrogen-bond donors (Lipinski definition) is 2. The molecule has 2 aliphatic rings. The van der Waals surface area contributed by atoms with Gasteiger partial charge >= 0.3 is 0 Å². The summed E-state index contributed by atoms with van der Waals surface area (Å²) < 4.78 is 1.29. The van der Waals surface area contributed by atoms with Crippen LogP contribution < -0.4 is 15.5 Å². The molecular weight excluding hydrogens is 449 g/mol. The van der Waals surface area contributed by atoms with E-state index in [1.165, 1.54) is 14.8 Å². The van der Waals surface area contributed by atoms with E-state index in [4.69, 9.17) is 0 Å². The Morgan fingerprint density at radius 1 is 1.00 bits per heavy atom. The standard InChI is InChI=1S/C22H26IN3O/c23-20-8-4-5-9-21(20)26-12-10-17(11-13-26)25-22(27)19-15-24-14-18(19)16-6-2-1-3-7-16/h1-9,17-19,24H,10-15H2,(H,25,27)/t18-,19+/m0/s1. The SMILES string of the molecule is O=C(NC1CCN(c2ccccc2I)CC1)[C@@H]1CNC[C@H]1c1ccccc1. The second kappa shape index (κ2) is 8.61.